The first-order chi connectivity index (χ1) is 8.02. The van der Waals surface area contributed by atoms with Gasteiger partial charge in [-0.2, -0.15) is 0 Å². The number of unbranched alkanes of at least 4 members (excludes halogenated alkanes) is 2. The minimum Gasteiger partial charge on any atom is -0.480 e. The molecular weight excluding hydrogens is 224 g/mol. The average Bonchev–Trinajstić information content (AvgIpc) is 2.28. The van der Waals surface area contributed by atoms with Gasteiger partial charge in [-0.3, -0.25) is 0 Å². The molecule has 0 spiro atoms. The lowest BCUT2D eigenvalue weighted by Gasteiger charge is -2.20. The van der Waals surface area contributed by atoms with Crippen LogP contribution in [0, 0.1) is 0 Å². The summed E-state index contributed by atoms with van der Waals surface area (Å²) in [6.45, 7) is 2.41. The van der Waals surface area contributed by atoms with Gasteiger partial charge < -0.3 is 20.4 Å². The molecule has 0 unspecified atom stereocenters. The summed E-state index contributed by atoms with van der Waals surface area (Å²) in [5, 5.41) is 19.9. The quantitative estimate of drug-likeness (QED) is 0.549. The molecule has 0 bridgehead atoms. The highest BCUT2D eigenvalue weighted by Crippen LogP contribution is 1.98. The number of aliphatic hydroxyl groups excluding tert-OH is 1. The first-order valence-electron chi connectivity index (χ1n) is 5.88. The number of hydrogen-bond acceptors (Lipinski definition) is 3. The minimum absolute atomic E-state index is 0.0177. The number of carbonyl (C=O) groups excluding carboxylic acids is 1. The molecule has 0 aliphatic carbocycles. The Kier molecular flexibility index (Phi) is 8.13. The van der Waals surface area contributed by atoms with Gasteiger partial charge in [0.15, 0.2) is 0 Å². The van der Waals surface area contributed by atoms with E-state index in [9.17, 15) is 9.59 Å². The molecule has 1 atom stereocenters. The molecule has 6 nitrogen and oxygen atoms in total. The second-order valence-electron chi connectivity index (χ2n) is 3.98. The van der Waals surface area contributed by atoms with E-state index in [4.69, 9.17) is 10.2 Å². The van der Waals surface area contributed by atoms with E-state index in [2.05, 4.69) is 12.2 Å². The van der Waals surface area contributed by atoms with Crippen LogP contribution in [-0.4, -0.2) is 53.4 Å². The van der Waals surface area contributed by atoms with Crippen molar-refractivity contribution in [1.29, 1.82) is 0 Å². The number of carboxylic acid groups (broad SMARTS) is 1. The van der Waals surface area contributed by atoms with Gasteiger partial charge in [-0.15, -0.1) is 0 Å². The largest absolute Gasteiger partial charge is 0.480 e. The molecule has 0 aromatic rings. The Bertz CT molecular complexity index is 246. The lowest BCUT2D eigenvalue weighted by molar-refractivity contribution is -0.139. The Balaban J connectivity index is 4.06. The molecule has 3 N–H and O–H groups in total. The molecular formula is C11H22N2O4. The Labute approximate surface area is 102 Å². The maximum atomic E-state index is 11.6. The topological polar surface area (TPSA) is 89.9 Å². The zero-order valence-corrected chi connectivity index (χ0v) is 10.5. The molecule has 0 radical (unpaired) electrons. The highest BCUT2D eigenvalue weighted by atomic mass is 16.4. The number of aliphatic hydroxyl groups is 1. The van der Waals surface area contributed by atoms with Crippen LogP contribution in [0.15, 0.2) is 0 Å². The smallest absolute Gasteiger partial charge is 0.326 e. The molecule has 6 heteroatoms. The van der Waals surface area contributed by atoms with E-state index in [-0.39, 0.29) is 13.0 Å². The van der Waals surface area contributed by atoms with Crippen molar-refractivity contribution in [2.45, 2.75) is 38.6 Å². The summed E-state index contributed by atoms with van der Waals surface area (Å²) in [4.78, 5) is 23.8. The number of rotatable bonds is 8. The molecule has 0 heterocycles. The predicted octanol–water partition coefficient (Wildman–Crippen LogP) is 0.654. The third-order valence-electron chi connectivity index (χ3n) is 2.46. The van der Waals surface area contributed by atoms with Crippen molar-refractivity contribution in [2.24, 2.45) is 0 Å². The Morgan fingerprint density at radius 3 is 2.47 bits per heavy atom. The van der Waals surface area contributed by atoms with Gasteiger partial charge >= 0.3 is 12.0 Å². The third-order valence-corrected chi connectivity index (χ3v) is 2.46. The lowest BCUT2D eigenvalue weighted by Crippen LogP contribution is -2.47. The summed E-state index contributed by atoms with van der Waals surface area (Å²) in [7, 11) is 1.63. The van der Waals surface area contributed by atoms with Crippen molar-refractivity contribution >= 4 is 12.0 Å². The molecule has 0 rings (SSSR count). The minimum atomic E-state index is -1.13. The first kappa shape index (κ1) is 15.7. The fraction of sp³-hybridized carbons (Fsp3) is 0.818. The van der Waals surface area contributed by atoms with Crippen LogP contribution >= 0.6 is 0 Å². The number of carbonyl (C=O) groups is 2. The van der Waals surface area contributed by atoms with Crippen molar-refractivity contribution in [3.05, 3.63) is 0 Å². The highest BCUT2D eigenvalue weighted by molar-refractivity contribution is 5.82. The SMILES string of the molecule is CCCCCN(C)C(=O)N[C@H](CCO)C(=O)O. The van der Waals surface area contributed by atoms with Crippen molar-refractivity contribution in [2.75, 3.05) is 20.2 Å². The number of amides is 2. The van der Waals surface area contributed by atoms with Crippen LogP contribution in [0.3, 0.4) is 0 Å². The van der Waals surface area contributed by atoms with Gasteiger partial charge in [0.25, 0.3) is 0 Å². The van der Waals surface area contributed by atoms with Crippen LogP contribution in [0.2, 0.25) is 0 Å². The normalized spacial score (nSPS) is 11.9. The predicted molar refractivity (Wildman–Crippen MR) is 63.8 cm³/mol. The van der Waals surface area contributed by atoms with Gasteiger partial charge in [0.1, 0.15) is 6.04 Å². The monoisotopic (exact) mass is 246 g/mol. The van der Waals surface area contributed by atoms with Gasteiger partial charge in [0.05, 0.1) is 0 Å². The summed E-state index contributed by atoms with van der Waals surface area (Å²) in [5.41, 5.74) is 0. The van der Waals surface area contributed by atoms with Gasteiger partial charge in [-0.25, -0.2) is 9.59 Å². The van der Waals surface area contributed by atoms with Gasteiger partial charge in [-0.1, -0.05) is 19.8 Å². The molecule has 0 aromatic carbocycles. The summed E-state index contributed by atoms with van der Waals surface area (Å²) in [6, 6.07) is -1.44. The zero-order valence-electron chi connectivity index (χ0n) is 10.5. The third kappa shape index (κ3) is 6.78. The number of hydrogen-bond donors (Lipinski definition) is 3. The van der Waals surface area contributed by atoms with E-state index in [0.29, 0.717) is 6.54 Å². The van der Waals surface area contributed by atoms with Crippen molar-refractivity contribution in [3.8, 4) is 0 Å². The van der Waals surface area contributed by atoms with Crippen molar-refractivity contribution < 1.29 is 19.8 Å². The molecule has 0 aromatic heterocycles. The summed E-state index contributed by atoms with van der Waals surface area (Å²) in [6.07, 6.45) is 3.02. The van der Waals surface area contributed by atoms with Crippen molar-refractivity contribution in [3.63, 3.8) is 0 Å². The van der Waals surface area contributed by atoms with E-state index in [1.165, 1.54) is 4.90 Å². The molecule has 2 amide bonds. The summed E-state index contributed by atoms with van der Waals surface area (Å²) in [5.74, 6) is -1.13. The number of nitrogens with zero attached hydrogens (tertiary/aromatic N) is 1. The molecule has 17 heavy (non-hydrogen) atoms. The molecule has 0 saturated carbocycles. The Hall–Kier alpha value is -1.30. The fourth-order valence-corrected chi connectivity index (χ4v) is 1.35. The molecule has 0 saturated heterocycles. The van der Waals surface area contributed by atoms with E-state index < -0.39 is 18.0 Å². The van der Waals surface area contributed by atoms with Gasteiger partial charge in [0.2, 0.25) is 0 Å². The van der Waals surface area contributed by atoms with E-state index in [1.54, 1.807) is 7.05 Å². The maximum absolute atomic E-state index is 11.6. The van der Waals surface area contributed by atoms with Crippen LogP contribution < -0.4 is 5.32 Å². The van der Waals surface area contributed by atoms with Gasteiger partial charge in [-0.05, 0) is 6.42 Å². The Morgan fingerprint density at radius 2 is 2.00 bits per heavy atom. The van der Waals surface area contributed by atoms with Crippen LogP contribution in [0.1, 0.15) is 32.6 Å². The molecule has 0 fully saturated rings. The van der Waals surface area contributed by atoms with E-state index in [1.807, 2.05) is 0 Å². The Morgan fingerprint density at radius 1 is 1.35 bits per heavy atom. The second-order valence-corrected chi connectivity index (χ2v) is 3.98. The molecule has 100 valence electrons. The van der Waals surface area contributed by atoms with E-state index >= 15 is 0 Å². The molecule has 0 aliphatic rings. The van der Waals surface area contributed by atoms with Crippen LogP contribution in [0.25, 0.3) is 0 Å². The number of nitrogens with one attached hydrogen (secondary N) is 1. The number of carboxylic acids is 1. The van der Waals surface area contributed by atoms with Gasteiger partial charge in [0, 0.05) is 26.6 Å². The van der Waals surface area contributed by atoms with Crippen LogP contribution in [-0.2, 0) is 4.79 Å². The summed E-state index contributed by atoms with van der Waals surface area (Å²) < 4.78 is 0. The first-order valence-corrected chi connectivity index (χ1v) is 5.88. The maximum Gasteiger partial charge on any atom is 0.326 e. The standard InChI is InChI=1S/C11H22N2O4/c1-3-4-5-7-13(2)11(17)12-9(6-8-14)10(15)16/h9,14H,3-8H2,1-2H3,(H,12,17)(H,15,16)/t9-/m1/s1. The van der Waals surface area contributed by atoms with E-state index in [0.717, 1.165) is 19.3 Å². The lowest BCUT2D eigenvalue weighted by atomic mass is 10.2. The number of urea groups is 1. The number of aliphatic carboxylic acids is 1. The fourth-order valence-electron chi connectivity index (χ4n) is 1.35. The summed E-state index contributed by atoms with van der Waals surface area (Å²) >= 11 is 0. The highest BCUT2D eigenvalue weighted by Gasteiger charge is 2.20. The van der Waals surface area contributed by atoms with Crippen LogP contribution in [0.5, 0.6) is 0 Å². The van der Waals surface area contributed by atoms with Crippen LogP contribution in [0.4, 0.5) is 4.79 Å². The zero-order chi connectivity index (χ0) is 13.3. The van der Waals surface area contributed by atoms with Crippen molar-refractivity contribution in [1.82, 2.24) is 10.2 Å². The average molecular weight is 246 g/mol. The second kappa shape index (κ2) is 8.81. The molecule has 0 aliphatic heterocycles.